The molecule has 0 atom stereocenters. The van der Waals surface area contributed by atoms with Crippen LogP contribution in [-0.2, 0) is 19.1 Å². The summed E-state index contributed by atoms with van der Waals surface area (Å²) >= 11 is 0. The van der Waals surface area contributed by atoms with Crippen LogP contribution in [0.3, 0.4) is 0 Å². The molecule has 0 spiro atoms. The van der Waals surface area contributed by atoms with Gasteiger partial charge in [0, 0.05) is 13.1 Å². The molecule has 2 N–H and O–H groups in total. The second-order valence-corrected chi connectivity index (χ2v) is 6.60. The molecular formula is C22H29F3IN3O3. The molecule has 178 valence electrons. The van der Waals surface area contributed by atoms with E-state index in [1.54, 1.807) is 21.3 Å². The minimum atomic E-state index is -4.32. The van der Waals surface area contributed by atoms with Crippen molar-refractivity contribution in [3.05, 3.63) is 53.1 Å². The van der Waals surface area contributed by atoms with Crippen molar-refractivity contribution in [1.82, 2.24) is 10.6 Å². The fourth-order valence-electron chi connectivity index (χ4n) is 2.92. The maximum atomic E-state index is 12.7. The fourth-order valence-corrected chi connectivity index (χ4v) is 2.92. The molecule has 0 aliphatic rings. The second kappa shape index (κ2) is 13.2. The number of aliphatic imine (C=N–C) groups is 1. The Kier molecular flexibility index (Phi) is 11.4. The number of hydrogen-bond acceptors (Lipinski definition) is 4. The van der Waals surface area contributed by atoms with Crippen molar-refractivity contribution in [1.29, 1.82) is 0 Å². The largest absolute Gasteiger partial charge is 0.493 e. The van der Waals surface area contributed by atoms with Crippen molar-refractivity contribution in [2.24, 2.45) is 4.99 Å². The number of nitrogens with zero attached hydrogens (tertiary/aromatic N) is 1. The lowest BCUT2D eigenvalue weighted by Gasteiger charge is -2.14. The number of hydrogen-bond donors (Lipinski definition) is 2. The number of halogens is 4. The molecule has 0 heterocycles. The highest BCUT2D eigenvalue weighted by Gasteiger charge is 2.29. The zero-order valence-electron chi connectivity index (χ0n) is 18.5. The standard InChI is InChI=1S/C22H28F3N3O3.HI/c1-5-26-21(27-11-10-15-6-8-17(9-7-15)22(23,24)25)28-14-16-12-18(29-2)20(31-4)19(13-16)30-3;/h6-9,12-13H,5,10-11,14H2,1-4H3,(H2,26,27,28);1H. The number of ether oxygens (including phenoxy) is 3. The third kappa shape index (κ3) is 7.95. The highest BCUT2D eigenvalue weighted by atomic mass is 127. The lowest BCUT2D eigenvalue weighted by atomic mass is 10.1. The topological polar surface area (TPSA) is 64.1 Å². The monoisotopic (exact) mass is 567 g/mol. The van der Waals surface area contributed by atoms with Crippen molar-refractivity contribution in [3.63, 3.8) is 0 Å². The molecule has 32 heavy (non-hydrogen) atoms. The van der Waals surface area contributed by atoms with Crippen LogP contribution in [0.1, 0.15) is 23.6 Å². The molecule has 0 aliphatic carbocycles. The van der Waals surface area contributed by atoms with Gasteiger partial charge in [-0.25, -0.2) is 4.99 Å². The molecule has 2 rings (SSSR count). The van der Waals surface area contributed by atoms with Gasteiger partial charge in [0.1, 0.15) is 0 Å². The molecule has 0 bridgehead atoms. The maximum Gasteiger partial charge on any atom is 0.416 e. The zero-order chi connectivity index (χ0) is 22.9. The first-order valence-corrected chi connectivity index (χ1v) is 9.79. The lowest BCUT2D eigenvalue weighted by Crippen LogP contribution is -2.38. The van der Waals surface area contributed by atoms with Crippen LogP contribution < -0.4 is 24.8 Å². The molecule has 0 aromatic heterocycles. The predicted octanol–water partition coefficient (Wildman–Crippen LogP) is 4.65. The summed E-state index contributed by atoms with van der Waals surface area (Å²) in [6.45, 7) is 3.51. The molecule has 0 unspecified atom stereocenters. The average molecular weight is 567 g/mol. The van der Waals surface area contributed by atoms with Gasteiger partial charge >= 0.3 is 6.18 Å². The number of nitrogens with one attached hydrogen (secondary N) is 2. The highest BCUT2D eigenvalue weighted by molar-refractivity contribution is 14.0. The van der Waals surface area contributed by atoms with Gasteiger partial charge in [-0.05, 0) is 48.7 Å². The van der Waals surface area contributed by atoms with Crippen molar-refractivity contribution < 1.29 is 27.4 Å². The Hall–Kier alpha value is -2.37. The highest BCUT2D eigenvalue weighted by Crippen LogP contribution is 2.38. The Balaban J connectivity index is 0.00000512. The number of methoxy groups -OCH3 is 3. The van der Waals surface area contributed by atoms with Gasteiger partial charge in [-0.1, -0.05) is 12.1 Å². The van der Waals surface area contributed by atoms with Crippen molar-refractivity contribution in [2.75, 3.05) is 34.4 Å². The van der Waals surface area contributed by atoms with Gasteiger partial charge in [-0.3, -0.25) is 0 Å². The van der Waals surface area contributed by atoms with Gasteiger partial charge in [-0.2, -0.15) is 13.2 Å². The SMILES string of the molecule is CCNC(=NCc1cc(OC)c(OC)c(OC)c1)NCCc1ccc(C(F)(F)F)cc1.I. The number of guanidine groups is 1. The van der Waals surface area contributed by atoms with Crippen LogP contribution in [0.4, 0.5) is 13.2 Å². The van der Waals surface area contributed by atoms with Gasteiger partial charge < -0.3 is 24.8 Å². The summed E-state index contributed by atoms with van der Waals surface area (Å²) in [6, 6.07) is 8.83. The maximum absolute atomic E-state index is 12.7. The minimum Gasteiger partial charge on any atom is -0.493 e. The lowest BCUT2D eigenvalue weighted by molar-refractivity contribution is -0.137. The predicted molar refractivity (Wildman–Crippen MR) is 129 cm³/mol. The Bertz CT molecular complexity index is 850. The fraction of sp³-hybridized carbons (Fsp3) is 0.409. The molecular weight excluding hydrogens is 538 g/mol. The van der Waals surface area contributed by atoms with Gasteiger partial charge in [0.25, 0.3) is 0 Å². The van der Waals surface area contributed by atoms with E-state index in [1.165, 1.54) is 12.1 Å². The summed E-state index contributed by atoms with van der Waals surface area (Å²) in [6.07, 6.45) is -3.76. The Labute approximate surface area is 203 Å². The molecule has 0 amide bonds. The molecule has 2 aromatic rings. The normalized spacial score (nSPS) is 11.4. The van der Waals surface area contributed by atoms with Gasteiger partial charge in [-0.15, -0.1) is 24.0 Å². The summed E-state index contributed by atoms with van der Waals surface area (Å²) < 4.78 is 54.0. The molecule has 6 nitrogen and oxygen atoms in total. The molecule has 0 saturated carbocycles. The van der Waals surface area contributed by atoms with Crippen molar-refractivity contribution >= 4 is 29.9 Å². The van der Waals surface area contributed by atoms with Crippen LogP contribution in [0.2, 0.25) is 0 Å². The zero-order valence-corrected chi connectivity index (χ0v) is 20.8. The Morgan fingerprint density at radius 3 is 1.97 bits per heavy atom. The van der Waals surface area contributed by atoms with Crippen LogP contribution in [-0.4, -0.2) is 40.4 Å². The Morgan fingerprint density at radius 2 is 1.50 bits per heavy atom. The van der Waals surface area contributed by atoms with E-state index in [2.05, 4.69) is 15.6 Å². The van der Waals surface area contributed by atoms with E-state index in [0.29, 0.717) is 49.3 Å². The Morgan fingerprint density at radius 1 is 0.906 bits per heavy atom. The van der Waals surface area contributed by atoms with E-state index in [1.807, 2.05) is 19.1 Å². The van der Waals surface area contributed by atoms with Crippen LogP contribution in [0.15, 0.2) is 41.4 Å². The van der Waals surface area contributed by atoms with Crippen LogP contribution in [0.25, 0.3) is 0 Å². The summed E-state index contributed by atoms with van der Waals surface area (Å²) in [5.41, 5.74) is 1.03. The van der Waals surface area contributed by atoms with Crippen LogP contribution >= 0.6 is 24.0 Å². The van der Waals surface area contributed by atoms with E-state index in [-0.39, 0.29) is 24.0 Å². The smallest absolute Gasteiger partial charge is 0.416 e. The molecule has 0 fully saturated rings. The third-order valence-corrected chi connectivity index (χ3v) is 4.48. The first kappa shape index (κ1) is 27.7. The molecule has 0 saturated heterocycles. The number of alkyl halides is 3. The first-order chi connectivity index (χ1) is 14.8. The molecule has 10 heteroatoms. The van der Waals surface area contributed by atoms with Crippen molar-refractivity contribution in [3.8, 4) is 17.2 Å². The summed E-state index contributed by atoms with van der Waals surface area (Å²) in [4.78, 5) is 4.56. The van der Waals surface area contributed by atoms with E-state index < -0.39 is 11.7 Å². The van der Waals surface area contributed by atoms with Gasteiger partial charge in [0.15, 0.2) is 17.5 Å². The van der Waals surface area contributed by atoms with Crippen LogP contribution in [0, 0.1) is 0 Å². The van der Waals surface area contributed by atoms with Gasteiger partial charge in [0.2, 0.25) is 5.75 Å². The average Bonchev–Trinajstić information content (AvgIpc) is 2.76. The quantitative estimate of drug-likeness (QED) is 0.263. The molecule has 2 aromatic carbocycles. The summed E-state index contributed by atoms with van der Waals surface area (Å²) in [7, 11) is 4.65. The van der Waals surface area contributed by atoms with Gasteiger partial charge in [0.05, 0.1) is 33.4 Å². The van der Waals surface area contributed by atoms with Crippen LogP contribution in [0.5, 0.6) is 17.2 Å². The summed E-state index contributed by atoms with van der Waals surface area (Å²) in [5.74, 6) is 2.21. The van der Waals surface area contributed by atoms with E-state index in [0.717, 1.165) is 23.3 Å². The minimum absolute atomic E-state index is 0. The van der Waals surface area contributed by atoms with E-state index in [9.17, 15) is 13.2 Å². The number of rotatable bonds is 9. The summed E-state index contributed by atoms with van der Waals surface area (Å²) in [5, 5.41) is 6.34. The van der Waals surface area contributed by atoms with E-state index >= 15 is 0 Å². The first-order valence-electron chi connectivity index (χ1n) is 9.79. The van der Waals surface area contributed by atoms with E-state index in [4.69, 9.17) is 14.2 Å². The molecule has 0 aliphatic heterocycles. The van der Waals surface area contributed by atoms with Crippen molar-refractivity contribution in [2.45, 2.75) is 26.1 Å². The molecule has 0 radical (unpaired) electrons. The third-order valence-electron chi connectivity index (χ3n) is 4.48. The number of benzene rings is 2. The second-order valence-electron chi connectivity index (χ2n) is 6.60.